The van der Waals surface area contributed by atoms with Gasteiger partial charge in [0.1, 0.15) is 11.4 Å². The summed E-state index contributed by atoms with van der Waals surface area (Å²) in [5.41, 5.74) is 2.34. The van der Waals surface area contributed by atoms with Gasteiger partial charge in [-0.25, -0.2) is 10.0 Å². The molecule has 1 aliphatic rings. The maximum absolute atomic E-state index is 9.49. The first-order valence-corrected chi connectivity index (χ1v) is 7.18. The van der Waals surface area contributed by atoms with Crippen molar-refractivity contribution in [1.29, 1.82) is 5.41 Å². The SMILES string of the molecule is CN(C)c1ccc(N=C2C(=N)N(C(C)(C)C)N=C2CO)cc1. The largest absolute Gasteiger partial charge is 0.390 e. The first-order chi connectivity index (χ1) is 10.2. The molecule has 1 aromatic carbocycles. The normalized spacial score (nSPS) is 17.2. The van der Waals surface area contributed by atoms with Crippen LogP contribution in [-0.2, 0) is 0 Å². The van der Waals surface area contributed by atoms with E-state index >= 15 is 0 Å². The second-order valence-corrected chi connectivity index (χ2v) is 6.41. The Morgan fingerprint density at radius 2 is 1.82 bits per heavy atom. The van der Waals surface area contributed by atoms with E-state index < -0.39 is 0 Å². The Balaban J connectivity index is 2.34. The highest BCUT2D eigenvalue weighted by molar-refractivity contribution is 6.70. The van der Waals surface area contributed by atoms with Crippen molar-refractivity contribution < 1.29 is 5.11 Å². The average Bonchev–Trinajstić information content (AvgIpc) is 2.76. The molecule has 0 radical (unpaired) electrons. The Morgan fingerprint density at radius 3 is 2.27 bits per heavy atom. The molecule has 0 fully saturated rings. The molecule has 0 aliphatic carbocycles. The number of nitrogens with zero attached hydrogens (tertiary/aromatic N) is 4. The summed E-state index contributed by atoms with van der Waals surface area (Å²) in [7, 11) is 3.95. The zero-order valence-electron chi connectivity index (χ0n) is 13.8. The maximum atomic E-state index is 9.49. The average molecular weight is 301 g/mol. The highest BCUT2D eigenvalue weighted by Gasteiger charge is 2.34. The molecule has 6 nitrogen and oxygen atoms in total. The van der Waals surface area contributed by atoms with Gasteiger partial charge in [-0.3, -0.25) is 5.41 Å². The van der Waals surface area contributed by atoms with Gasteiger partial charge >= 0.3 is 0 Å². The van der Waals surface area contributed by atoms with E-state index in [4.69, 9.17) is 5.41 Å². The number of rotatable bonds is 3. The van der Waals surface area contributed by atoms with Crippen LogP contribution in [0, 0.1) is 5.41 Å². The Labute approximate surface area is 131 Å². The summed E-state index contributed by atoms with van der Waals surface area (Å²) in [6.07, 6.45) is 0. The van der Waals surface area contributed by atoms with Crippen molar-refractivity contribution in [3.63, 3.8) is 0 Å². The fourth-order valence-corrected chi connectivity index (χ4v) is 2.12. The van der Waals surface area contributed by atoms with Gasteiger partial charge in [0.25, 0.3) is 0 Å². The number of anilines is 1. The van der Waals surface area contributed by atoms with Crippen molar-refractivity contribution in [2.75, 3.05) is 25.6 Å². The second kappa shape index (κ2) is 5.88. The molecule has 0 atom stereocenters. The zero-order chi connectivity index (χ0) is 16.5. The number of amidine groups is 1. The van der Waals surface area contributed by atoms with E-state index in [9.17, 15) is 5.11 Å². The van der Waals surface area contributed by atoms with Crippen molar-refractivity contribution >= 4 is 28.6 Å². The Bertz CT molecular complexity index is 623. The van der Waals surface area contributed by atoms with E-state index in [0.29, 0.717) is 11.4 Å². The molecule has 0 saturated carbocycles. The number of aliphatic hydroxyl groups excluding tert-OH is 1. The number of benzene rings is 1. The third-order valence-electron chi connectivity index (χ3n) is 3.32. The fourth-order valence-electron chi connectivity index (χ4n) is 2.12. The first-order valence-electron chi connectivity index (χ1n) is 7.18. The van der Waals surface area contributed by atoms with Crippen LogP contribution in [0.1, 0.15) is 20.8 Å². The molecule has 0 bridgehead atoms. The van der Waals surface area contributed by atoms with Gasteiger partial charge in [-0.15, -0.1) is 0 Å². The lowest BCUT2D eigenvalue weighted by Crippen LogP contribution is -2.41. The molecule has 2 N–H and O–H groups in total. The van der Waals surface area contributed by atoms with Crippen LogP contribution >= 0.6 is 0 Å². The van der Waals surface area contributed by atoms with Gasteiger partial charge in [-0.2, -0.15) is 5.10 Å². The molecular formula is C16H23N5O. The molecule has 0 unspecified atom stereocenters. The molecule has 6 heteroatoms. The summed E-state index contributed by atoms with van der Waals surface area (Å²) < 4.78 is 0. The van der Waals surface area contributed by atoms with Gasteiger partial charge in [0.15, 0.2) is 5.84 Å². The van der Waals surface area contributed by atoms with Gasteiger partial charge in [0.2, 0.25) is 0 Å². The van der Waals surface area contributed by atoms with Crippen LogP contribution in [0.5, 0.6) is 0 Å². The molecule has 1 heterocycles. The highest BCUT2D eigenvalue weighted by Crippen LogP contribution is 2.23. The lowest BCUT2D eigenvalue weighted by molar-refractivity contribution is 0.250. The number of aliphatic hydroxyl groups is 1. The smallest absolute Gasteiger partial charge is 0.170 e. The van der Waals surface area contributed by atoms with Crippen LogP contribution in [-0.4, -0.2) is 53.6 Å². The van der Waals surface area contributed by atoms with Crippen molar-refractivity contribution in [2.24, 2.45) is 10.1 Å². The number of hydrogen-bond donors (Lipinski definition) is 2. The van der Waals surface area contributed by atoms with Crippen LogP contribution < -0.4 is 4.90 Å². The van der Waals surface area contributed by atoms with Crippen LogP contribution in [0.15, 0.2) is 34.4 Å². The Hall–Kier alpha value is -2.21. The molecule has 1 aromatic rings. The molecule has 1 aliphatic heterocycles. The molecule has 118 valence electrons. The van der Waals surface area contributed by atoms with Crippen LogP contribution in [0.4, 0.5) is 11.4 Å². The summed E-state index contributed by atoms with van der Waals surface area (Å²) in [5.74, 6) is 0.216. The summed E-state index contributed by atoms with van der Waals surface area (Å²) >= 11 is 0. The molecule has 0 aromatic heterocycles. The summed E-state index contributed by atoms with van der Waals surface area (Å²) in [5, 5.41) is 23.7. The Morgan fingerprint density at radius 1 is 1.23 bits per heavy atom. The Kier molecular flexibility index (Phi) is 4.32. The third kappa shape index (κ3) is 3.17. The lowest BCUT2D eigenvalue weighted by Gasteiger charge is -2.29. The van der Waals surface area contributed by atoms with Gasteiger partial charge in [0.05, 0.1) is 17.8 Å². The third-order valence-corrected chi connectivity index (χ3v) is 3.32. The van der Waals surface area contributed by atoms with Crippen LogP contribution in [0.2, 0.25) is 0 Å². The second-order valence-electron chi connectivity index (χ2n) is 6.41. The van der Waals surface area contributed by atoms with Crippen molar-refractivity contribution in [2.45, 2.75) is 26.3 Å². The van der Waals surface area contributed by atoms with Crippen molar-refractivity contribution in [3.8, 4) is 0 Å². The van der Waals surface area contributed by atoms with E-state index in [-0.39, 0.29) is 18.0 Å². The van der Waals surface area contributed by atoms with E-state index in [0.717, 1.165) is 11.4 Å². The predicted octanol–water partition coefficient (Wildman–Crippen LogP) is 2.26. The minimum atomic E-state index is -0.330. The van der Waals surface area contributed by atoms with Crippen molar-refractivity contribution in [3.05, 3.63) is 24.3 Å². The number of nitrogens with one attached hydrogen (secondary N) is 1. The van der Waals surface area contributed by atoms with E-state index in [1.54, 1.807) is 5.01 Å². The summed E-state index contributed by atoms with van der Waals surface area (Å²) in [4.78, 5) is 6.51. The molecule has 0 saturated heterocycles. The number of hydrazone groups is 1. The standard InChI is InChI=1S/C16H23N5O/c1-16(2,3)21-15(17)14(13(10-22)19-21)18-11-6-8-12(9-7-11)20(4)5/h6-9,17,22H,10H2,1-5H3. The van der Waals surface area contributed by atoms with Crippen molar-refractivity contribution in [1.82, 2.24) is 5.01 Å². The quantitative estimate of drug-likeness (QED) is 0.899. The van der Waals surface area contributed by atoms with E-state index in [2.05, 4.69) is 10.1 Å². The fraction of sp³-hybridized carbons (Fsp3) is 0.438. The molecule has 0 spiro atoms. The monoisotopic (exact) mass is 301 g/mol. The summed E-state index contributed by atoms with van der Waals surface area (Å²) in [6, 6.07) is 7.72. The van der Waals surface area contributed by atoms with Gasteiger partial charge in [0, 0.05) is 19.8 Å². The van der Waals surface area contributed by atoms with Gasteiger partial charge < -0.3 is 10.0 Å². The minimum Gasteiger partial charge on any atom is -0.390 e. The van der Waals surface area contributed by atoms with Gasteiger partial charge in [-0.1, -0.05) is 0 Å². The minimum absolute atomic E-state index is 0.216. The van der Waals surface area contributed by atoms with Crippen LogP contribution in [0.3, 0.4) is 0 Å². The topological polar surface area (TPSA) is 75.3 Å². The number of aliphatic imine (C=N–C) groups is 1. The van der Waals surface area contributed by atoms with Crippen LogP contribution in [0.25, 0.3) is 0 Å². The molecule has 2 rings (SSSR count). The molecule has 22 heavy (non-hydrogen) atoms. The maximum Gasteiger partial charge on any atom is 0.170 e. The summed E-state index contributed by atoms with van der Waals surface area (Å²) in [6.45, 7) is 5.67. The lowest BCUT2D eigenvalue weighted by atomic mass is 10.1. The van der Waals surface area contributed by atoms with E-state index in [1.807, 2.05) is 64.0 Å². The predicted molar refractivity (Wildman–Crippen MR) is 91.7 cm³/mol. The highest BCUT2D eigenvalue weighted by atomic mass is 16.3. The molecule has 0 amide bonds. The first kappa shape index (κ1) is 16.2. The van der Waals surface area contributed by atoms with E-state index in [1.165, 1.54) is 0 Å². The van der Waals surface area contributed by atoms with Gasteiger partial charge in [-0.05, 0) is 45.0 Å². The number of hydrogen-bond acceptors (Lipinski definition) is 5. The molecular weight excluding hydrogens is 278 g/mol. The zero-order valence-corrected chi connectivity index (χ0v) is 13.8.